The molecule has 0 spiro atoms. The fourth-order valence-corrected chi connectivity index (χ4v) is 5.57. The highest BCUT2D eigenvalue weighted by Gasteiger charge is 2.28. The topological polar surface area (TPSA) is 54.0 Å². The second kappa shape index (κ2) is 13.8. The summed E-state index contributed by atoms with van der Waals surface area (Å²) in [6, 6.07) is 8.07. The van der Waals surface area contributed by atoms with Crippen LogP contribution in [-0.2, 0) is 9.47 Å². The van der Waals surface area contributed by atoms with E-state index in [0.717, 1.165) is 32.3 Å². The largest absolute Gasteiger partial charge is 0.496 e. The number of methoxy groups -OCH3 is 2. The van der Waals surface area contributed by atoms with Crippen LogP contribution in [0.25, 0.3) is 0 Å². The van der Waals surface area contributed by atoms with Gasteiger partial charge in [-0.1, -0.05) is 44.7 Å². The summed E-state index contributed by atoms with van der Waals surface area (Å²) in [6.45, 7) is 5.17. The highest BCUT2D eigenvalue weighted by Crippen LogP contribution is 2.45. The van der Waals surface area contributed by atoms with E-state index in [9.17, 15) is 4.79 Å². The van der Waals surface area contributed by atoms with Crippen molar-refractivity contribution in [1.29, 1.82) is 0 Å². The second-order valence-corrected chi connectivity index (χ2v) is 10.7. The van der Waals surface area contributed by atoms with Crippen LogP contribution in [0.5, 0.6) is 11.5 Å². The number of carbonyl (C=O) groups excluding carboxylic acids is 1. The van der Waals surface area contributed by atoms with E-state index in [1.807, 2.05) is 19.9 Å². The Hall–Kier alpha value is -1.41. The number of benzene rings is 2. The first-order valence-corrected chi connectivity index (χ1v) is 14.0. The lowest BCUT2D eigenvalue weighted by atomic mass is 9.79. The number of hydrogen-bond donors (Lipinski definition) is 0. The molecule has 0 amide bonds. The first-order valence-electron chi connectivity index (χ1n) is 12.4. The molecular weight excluding hydrogens is 576 g/mol. The lowest BCUT2D eigenvalue weighted by Crippen LogP contribution is -2.15. The molecule has 0 aromatic heterocycles. The lowest BCUT2D eigenvalue weighted by molar-refractivity contribution is -0.141. The fraction of sp³-hybridized carbons (Fsp3) is 0.536. The van der Waals surface area contributed by atoms with Crippen LogP contribution in [0.15, 0.2) is 33.2 Å². The molecule has 0 radical (unpaired) electrons. The summed E-state index contributed by atoms with van der Waals surface area (Å²) >= 11 is 7.03. The van der Waals surface area contributed by atoms with Crippen LogP contribution < -0.4 is 9.47 Å². The molecule has 192 valence electrons. The molecule has 35 heavy (non-hydrogen) atoms. The fourth-order valence-electron chi connectivity index (χ4n) is 4.58. The Bertz CT molecular complexity index is 980. The molecule has 0 heterocycles. The highest BCUT2D eigenvalue weighted by atomic mass is 79.9. The van der Waals surface area contributed by atoms with E-state index in [4.69, 9.17) is 18.9 Å². The highest BCUT2D eigenvalue weighted by molar-refractivity contribution is 9.10. The second-order valence-electron chi connectivity index (χ2n) is 8.85. The van der Waals surface area contributed by atoms with Crippen molar-refractivity contribution in [3.05, 3.63) is 55.5 Å². The maximum absolute atomic E-state index is 10.9. The average Bonchev–Trinajstić information content (AvgIpc) is 2.76. The molecule has 2 aromatic carbocycles. The first-order chi connectivity index (χ1) is 17.0. The molecule has 5 nitrogen and oxygen atoms in total. The number of carbonyl (C=O) groups is 1. The molecule has 2 aromatic rings. The van der Waals surface area contributed by atoms with E-state index in [2.05, 4.69) is 44.0 Å². The van der Waals surface area contributed by atoms with Crippen molar-refractivity contribution in [2.45, 2.75) is 70.5 Å². The summed E-state index contributed by atoms with van der Waals surface area (Å²) in [6.07, 6.45) is 7.94. The quantitative estimate of drug-likeness (QED) is 0.200. The predicted molar refractivity (Wildman–Crippen MR) is 146 cm³/mol. The van der Waals surface area contributed by atoms with Crippen LogP contribution in [0.1, 0.15) is 97.5 Å². The van der Waals surface area contributed by atoms with Gasteiger partial charge in [0.15, 0.2) is 12.6 Å². The Kier molecular flexibility index (Phi) is 11.1. The Labute approximate surface area is 226 Å². The van der Waals surface area contributed by atoms with Gasteiger partial charge in [0.2, 0.25) is 0 Å². The molecule has 0 bridgehead atoms. The third kappa shape index (κ3) is 6.88. The van der Waals surface area contributed by atoms with E-state index < -0.39 is 0 Å². The molecule has 0 N–H and O–H groups in total. The Morgan fingerprint density at radius 2 is 1.31 bits per heavy atom. The number of rotatable bonds is 10. The standard InChI is InChI=1S/C16H23BrO3.C12H13BrO2/c1-4-19-16(20-5-2)14-10-12(17)9-13(15(14)18-3)11-7-6-8-11;1-15-12-9(7-14)5-10(13)6-11(12)8-3-2-4-8/h9-11,16H,4-8H2,1-3H3;5-8H,2-4H2,1H3. The summed E-state index contributed by atoms with van der Waals surface area (Å²) in [5.74, 6) is 2.84. The number of ether oxygens (including phenoxy) is 4. The van der Waals surface area contributed by atoms with Crippen molar-refractivity contribution in [3.63, 3.8) is 0 Å². The van der Waals surface area contributed by atoms with Crippen LogP contribution in [0.4, 0.5) is 0 Å². The smallest absolute Gasteiger partial charge is 0.187 e. The van der Waals surface area contributed by atoms with Crippen LogP contribution in [0.3, 0.4) is 0 Å². The van der Waals surface area contributed by atoms with Crippen LogP contribution >= 0.6 is 31.9 Å². The molecule has 0 aliphatic heterocycles. The minimum Gasteiger partial charge on any atom is -0.496 e. The van der Waals surface area contributed by atoms with Gasteiger partial charge in [-0.3, -0.25) is 4.79 Å². The van der Waals surface area contributed by atoms with Gasteiger partial charge in [0, 0.05) is 22.2 Å². The molecular formula is C28H36Br2O5. The van der Waals surface area contributed by atoms with Gasteiger partial charge in [0.05, 0.1) is 25.3 Å². The monoisotopic (exact) mass is 610 g/mol. The minimum atomic E-state index is -0.365. The molecule has 2 fully saturated rings. The van der Waals surface area contributed by atoms with E-state index in [-0.39, 0.29) is 6.29 Å². The molecule has 0 saturated heterocycles. The van der Waals surface area contributed by atoms with Crippen molar-refractivity contribution in [2.24, 2.45) is 0 Å². The molecule has 2 aliphatic carbocycles. The average molecular weight is 612 g/mol. The summed E-state index contributed by atoms with van der Waals surface area (Å²) in [7, 11) is 3.35. The Morgan fingerprint density at radius 1 is 0.829 bits per heavy atom. The first kappa shape index (κ1) is 28.2. The van der Waals surface area contributed by atoms with Crippen molar-refractivity contribution < 1.29 is 23.7 Å². The third-order valence-electron chi connectivity index (χ3n) is 6.74. The summed E-state index contributed by atoms with van der Waals surface area (Å²) < 4.78 is 24.5. The number of aldehydes is 1. The van der Waals surface area contributed by atoms with E-state index in [1.165, 1.54) is 49.7 Å². The molecule has 0 unspecified atom stereocenters. The zero-order valence-electron chi connectivity index (χ0n) is 21.1. The van der Waals surface area contributed by atoms with Gasteiger partial charge in [-0.15, -0.1) is 0 Å². The SMILES string of the molecule is CCOC(OCC)c1cc(Br)cc(C2CCC2)c1OC.COc1c(C=O)cc(Br)cc1C1CCC1. The van der Waals surface area contributed by atoms with E-state index >= 15 is 0 Å². The summed E-state index contributed by atoms with van der Waals surface area (Å²) in [5.41, 5.74) is 4.05. The zero-order valence-corrected chi connectivity index (χ0v) is 24.2. The molecule has 7 heteroatoms. The minimum absolute atomic E-state index is 0.365. The molecule has 2 saturated carbocycles. The zero-order chi connectivity index (χ0) is 25.4. The van der Waals surface area contributed by atoms with Crippen LogP contribution in [0.2, 0.25) is 0 Å². The van der Waals surface area contributed by atoms with E-state index in [0.29, 0.717) is 30.6 Å². The molecule has 4 rings (SSSR count). The number of halogens is 2. The van der Waals surface area contributed by atoms with Crippen molar-refractivity contribution >= 4 is 38.1 Å². The summed E-state index contributed by atoms with van der Waals surface area (Å²) in [5, 5.41) is 0. The van der Waals surface area contributed by atoms with Crippen molar-refractivity contribution in [3.8, 4) is 11.5 Å². The molecule has 0 atom stereocenters. The van der Waals surface area contributed by atoms with E-state index in [1.54, 1.807) is 20.3 Å². The van der Waals surface area contributed by atoms with Crippen molar-refractivity contribution in [2.75, 3.05) is 27.4 Å². The van der Waals surface area contributed by atoms with Crippen molar-refractivity contribution in [1.82, 2.24) is 0 Å². The van der Waals surface area contributed by atoms with Gasteiger partial charge in [0.1, 0.15) is 11.5 Å². The predicted octanol–water partition coefficient (Wildman–Crippen LogP) is 8.33. The van der Waals surface area contributed by atoms with Gasteiger partial charge in [0.25, 0.3) is 0 Å². The maximum Gasteiger partial charge on any atom is 0.187 e. The third-order valence-corrected chi connectivity index (χ3v) is 7.65. The maximum atomic E-state index is 10.9. The van der Waals surface area contributed by atoms with Gasteiger partial charge < -0.3 is 18.9 Å². The van der Waals surface area contributed by atoms with Gasteiger partial charge in [-0.2, -0.15) is 0 Å². The normalized spacial score (nSPS) is 15.6. The van der Waals surface area contributed by atoms with Gasteiger partial charge in [-0.25, -0.2) is 0 Å². The summed E-state index contributed by atoms with van der Waals surface area (Å²) in [4.78, 5) is 10.9. The molecule has 2 aliphatic rings. The Balaban J connectivity index is 0.000000203. The lowest BCUT2D eigenvalue weighted by Gasteiger charge is -2.30. The van der Waals surface area contributed by atoms with Crippen LogP contribution in [0, 0.1) is 0 Å². The number of hydrogen-bond acceptors (Lipinski definition) is 5. The van der Waals surface area contributed by atoms with Gasteiger partial charge >= 0.3 is 0 Å². The van der Waals surface area contributed by atoms with Crippen LogP contribution in [-0.4, -0.2) is 33.7 Å². The Morgan fingerprint density at radius 3 is 1.71 bits per heavy atom. The van der Waals surface area contributed by atoms with Gasteiger partial charge in [-0.05, 0) is 86.8 Å².